The number of aryl methyl sites for hydroxylation is 1. The van der Waals surface area contributed by atoms with Crippen molar-refractivity contribution in [3.05, 3.63) is 29.3 Å². The second-order valence-electron chi connectivity index (χ2n) is 5.83. The fraction of sp³-hybridized carbons (Fsp3) is 0.562. The Morgan fingerprint density at radius 1 is 1.32 bits per heavy atom. The molecule has 0 spiro atoms. The third-order valence-electron chi connectivity index (χ3n) is 3.85. The molecule has 0 atom stereocenters. The highest BCUT2D eigenvalue weighted by atomic mass is 15.1. The number of hydrogen-bond donors (Lipinski definition) is 0. The van der Waals surface area contributed by atoms with E-state index in [1.165, 1.54) is 24.9 Å². The number of rotatable bonds is 3. The lowest BCUT2D eigenvalue weighted by Gasteiger charge is -2.35. The molecule has 0 unspecified atom stereocenters. The van der Waals surface area contributed by atoms with Crippen molar-refractivity contribution in [2.45, 2.75) is 19.8 Å². The van der Waals surface area contributed by atoms with Crippen LogP contribution < -0.4 is 4.90 Å². The van der Waals surface area contributed by atoms with Crippen molar-refractivity contribution in [1.82, 2.24) is 4.90 Å². The van der Waals surface area contributed by atoms with Gasteiger partial charge < -0.3 is 9.80 Å². The third kappa shape index (κ3) is 3.48. The molecule has 102 valence electrons. The normalized spacial score (nSPS) is 16.7. The molecule has 1 aliphatic heterocycles. The lowest BCUT2D eigenvalue weighted by Crippen LogP contribution is -2.37. The van der Waals surface area contributed by atoms with Crippen LogP contribution in [0.5, 0.6) is 0 Å². The molecule has 3 nitrogen and oxygen atoms in total. The van der Waals surface area contributed by atoms with Gasteiger partial charge >= 0.3 is 0 Å². The summed E-state index contributed by atoms with van der Waals surface area (Å²) in [6, 6.07) is 8.41. The van der Waals surface area contributed by atoms with E-state index in [4.69, 9.17) is 0 Å². The van der Waals surface area contributed by atoms with Gasteiger partial charge in [-0.05, 0) is 57.5 Å². The van der Waals surface area contributed by atoms with Crippen molar-refractivity contribution in [2.24, 2.45) is 5.92 Å². The maximum Gasteiger partial charge on any atom is 0.101 e. The van der Waals surface area contributed by atoms with E-state index < -0.39 is 0 Å². The smallest absolute Gasteiger partial charge is 0.101 e. The lowest BCUT2D eigenvalue weighted by molar-refractivity contribution is 0.285. The summed E-state index contributed by atoms with van der Waals surface area (Å²) in [7, 11) is 4.28. The van der Waals surface area contributed by atoms with Gasteiger partial charge in [-0.1, -0.05) is 6.07 Å². The van der Waals surface area contributed by atoms with Gasteiger partial charge in [-0.2, -0.15) is 5.26 Å². The van der Waals surface area contributed by atoms with Crippen LogP contribution in [0.1, 0.15) is 24.0 Å². The van der Waals surface area contributed by atoms with Gasteiger partial charge in [0, 0.05) is 19.6 Å². The monoisotopic (exact) mass is 257 g/mol. The molecule has 0 amide bonds. The standard InChI is InChI=1S/C16H23N3/c1-13-4-5-15(11-17)16(10-13)19-8-6-14(7-9-19)12-18(2)3/h4-5,10,14H,6-9,12H2,1-3H3. The van der Waals surface area contributed by atoms with Crippen LogP contribution in [0.25, 0.3) is 0 Å². The van der Waals surface area contributed by atoms with Crippen LogP contribution >= 0.6 is 0 Å². The number of benzene rings is 1. The Hall–Kier alpha value is -1.53. The quantitative estimate of drug-likeness (QED) is 0.834. The van der Waals surface area contributed by atoms with Gasteiger partial charge in [0.15, 0.2) is 0 Å². The average molecular weight is 257 g/mol. The molecule has 1 heterocycles. The molecule has 2 rings (SSSR count). The van der Waals surface area contributed by atoms with Gasteiger partial charge in [-0.25, -0.2) is 0 Å². The minimum Gasteiger partial charge on any atom is -0.370 e. The van der Waals surface area contributed by atoms with Gasteiger partial charge in [-0.15, -0.1) is 0 Å². The zero-order valence-corrected chi connectivity index (χ0v) is 12.2. The van der Waals surface area contributed by atoms with Gasteiger partial charge in [0.05, 0.1) is 11.3 Å². The first-order valence-electron chi connectivity index (χ1n) is 7.00. The maximum atomic E-state index is 9.23. The van der Waals surface area contributed by atoms with Crippen molar-refractivity contribution < 1.29 is 0 Å². The first-order valence-corrected chi connectivity index (χ1v) is 7.00. The minimum absolute atomic E-state index is 0.793. The first-order chi connectivity index (χ1) is 9.10. The molecule has 1 aromatic rings. The van der Waals surface area contributed by atoms with Crippen LogP contribution in [-0.4, -0.2) is 38.6 Å². The van der Waals surface area contributed by atoms with E-state index in [9.17, 15) is 5.26 Å². The SMILES string of the molecule is Cc1ccc(C#N)c(N2CCC(CN(C)C)CC2)c1. The average Bonchev–Trinajstić information content (AvgIpc) is 2.39. The molecular weight excluding hydrogens is 234 g/mol. The Morgan fingerprint density at radius 2 is 2.00 bits per heavy atom. The summed E-state index contributed by atoms with van der Waals surface area (Å²) in [4.78, 5) is 4.64. The lowest BCUT2D eigenvalue weighted by atomic mass is 9.95. The predicted octanol–water partition coefficient (Wildman–Crippen LogP) is 2.64. The summed E-state index contributed by atoms with van der Waals surface area (Å²) >= 11 is 0. The zero-order chi connectivity index (χ0) is 13.8. The summed E-state index contributed by atoms with van der Waals surface area (Å²) in [5.41, 5.74) is 3.15. The number of nitriles is 1. The minimum atomic E-state index is 0.793. The van der Waals surface area contributed by atoms with Crippen LogP contribution in [0.4, 0.5) is 5.69 Å². The van der Waals surface area contributed by atoms with Crippen molar-refractivity contribution in [3.8, 4) is 6.07 Å². The van der Waals surface area contributed by atoms with Crippen molar-refractivity contribution in [2.75, 3.05) is 38.6 Å². The highest BCUT2D eigenvalue weighted by Gasteiger charge is 2.21. The second-order valence-corrected chi connectivity index (χ2v) is 5.83. The Morgan fingerprint density at radius 3 is 2.58 bits per heavy atom. The molecule has 0 bridgehead atoms. The summed E-state index contributed by atoms with van der Waals surface area (Å²) in [5.74, 6) is 0.793. The van der Waals surface area contributed by atoms with E-state index in [1.54, 1.807) is 0 Å². The largest absolute Gasteiger partial charge is 0.370 e. The highest BCUT2D eigenvalue weighted by molar-refractivity contribution is 5.60. The van der Waals surface area contributed by atoms with Gasteiger partial charge in [0.1, 0.15) is 6.07 Å². The zero-order valence-electron chi connectivity index (χ0n) is 12.2. The molecule has 0 radical (unpaired) electrons. The van der Waals surface area contributed by atoms with E-state index in [1.807, 2.05) is 12.1 Å². The Labute approximate surface area is 116 Å². The predicted molar refractivity (Wildman–Crippen MR) is 79.4 cm³/mol. The van der Waals surface area contributed by atoms with Gasteiger partial charge in [-0.3, -0.25) is 0 Å². The van der Waals surface area contributed by atoms with Crippen molar-refractivity contribution >= 4 is 5.69 Å². The second kappa shape index (κ2) is 6.08. The van der Waals surface area contributed by atoms with Crippen LogP contribution in [0.2, 0.25) is 0 Å². The first kappa shape index (κ1) is 13.9. The topological polar surface area (TPSA) is 30.3 Å². The number of piperidine rings is 1. The Kier molecular flexibility index (Phi) is 4.44. The van der Waals surface area contributed by atoms with E-state index in [2.05, 4.69) is 43.0 Å². The van der Waals surface area contributed by atoms with E-state index >= 15 is 0 Å². The van der Waals surface area contributed by atoms with Crippen LogP contribution in [0.3, 0.4) is 0 Å². The third-order valence-corrected chi connectivity index (χ3v) is 3.85. The molecule has 3 heteroatoms. The molecular formula is C16H23N3. The van der Waals surface area contributed by atoms with Gasteiger partial charge in [0.2, 0.25) is 0 Å². The summed E-state index contributed by atoms with van der Waals surface area (Å²) in [5, 5.41) is 9.23. The molecule has 1 aromatic carbocycles. The fourth-order valence-electron chi connectivity index (χ4n) is 2.87. The molecule has 1 aliphatic rings. The number of anilines is 1. The van der Waals surface area contributed by atoms with E-state index in [0.717, 1.165) is 30.3 Å². The molecule has 0 saturated carbocycles. The maximum absolute atomic E-state index is 9.23. The summed E-state index contributed by atoms with van der Waals surface area (Å²) < 4.78 is 0. The molecule has 0 aromatic heterocycles. The fourth-order valence-corrected chi connectivity index (χ4v) is 2.87. The van der Waals surface area contributed by atoms with Crippen molar-refractivity contribution in [1.29, 1.82) is 5.26 Å². The highest BCUT2D eigenvalue weighted by Crippen LogP contribution is 2.27. The van der Waals surface area contributed by atoms with E-state index in [-0.39, 0.29) is 0 Å². The van der Waals surface area contributed by atoms with Gasteiger partial charge in [0.25, 0.3) is 0 Å². The van der Waals surface area contributed by atoms with Crippen LogP contribution in [0, 0.1) is 24.2 Å². The summed E-state index contributed by atoms with van der Waals surface area (Å²) in [6.07, 6.45) is 2.44. The molecule has 0 N–H and O–H groups in total. The molecule has 1 fully saturated rings. The number of nitrogens with zero attached hydrogens (tertiary/aromatic N) is 3. The molecule has 0 aliphatic carbocycles. The van der Waals surface area contributed by atoms with Crippen molar-refractivity contribution in [3.63, 3.8) is 0 Å². The van der Waals surface area contributed by atoms with Crippen LogP contribution in [-0.2, 0) is 0 Å². The Balaban J connectivity index is 2.05. The number of hydrogen-bond acceptors (Lipinski definition) is 3. The van der Waals surface area contributed by atoms with E-state index in [0.29, 0.717) is 0 Å². The molecule has 19 heavy (non-hydrogen) atoms. The molecule has 1 saturated heterocycles. The summed E-state index contributed by atoms with van der Waals surface area (Å²) in [6.45, 7) is 5.39. The Bertz CT molecular complexity index is 465. The van der Waals surface area contributed by atoms with Crippen LogP contribution in [0.15, 0.2) is 18.2 Å².